The van der Waals surface area contributed by atoms with Gasteiger partial charge in [-0.1, -0.05) is 30.3 Å². The zero-order chi connectivity index (χ0) is 16.1. The number of rotatable bonds is 6. The summed E-state index contributed by atoms with van der Waals surface area (Å²) in [5.41, 5.74) is 0.827. The molecule has 0 bridgehead atoms. The Morgan fingerprint density at radius 2 is 1.83 bits per heavy atom. The quantitative estimate of drug-likeness (QED) is 0.640. The van der Waals surface area contributed by atoms with Gasteiger partial charge in [0.2, 0.25) is 0 Å². The van der Waals surface area contributed by atoms with Crippen LogP contribution in [-0.2, 0) is 0 Å². The fourth-order valence-corrected chi connectivity index (χ4v) is 3.54. The van der Waals surface area contributed by atoms with Gasteiger partial charge in [0.15, 0.2) is 11.5 Å². The van der Waals surface area contributed by atoms with Crippen molar-refractivity contribution < 1.29 is 14.6 Å². The summed E-state index contributed by atoms with van der Waals surface area (Å²) in [6.45, 7) is 4.99. The molecule has 0 saturated heterocycles. The molecule has 2 aromatic carbocycles. The third-order valence-corrected chi connectivity index (χ3v) is 4.96. The molecular weight excluding hydrogens is 308 g/mol. The summed E-state index contributed by atoms with van der Waals surface area (Å²) in [5.74, 6) is 2.17. The molecule has 0 amide bonds. The van der Waals surface area contributed by atoms with Crippen LogP contribution in [0.1, 0.15) is 11.7 Å². The molecule has 120 valence electrons. The Balaban J connectivity index is 1.69. The number of hydrogen-bond acceptors (Lipinski definition) is 4. The van der Waals surface area contributed by atoms with Crippen LogP contribution < -0.4 is 9.47 Å². The highest BCUT2D eigenvalue weighted by Gasteiger charge is 2.21. The summed E-state index contributed by atoms with van der Waals surface area (Å²) in [4.78, 5) is 1.19. The van der Waals surface area contributed by atoms with Crippen molar-refractivity contribution in [3.8, 4) is 11.5 Å². The molecule has 0 aliphatic carbocycles. The highest BCUT2D eigenvalue weighted by molar-refractivity contribution is 7.99. The maximum atomic E-state index is 10.7. The average molecular weight is 328 g/mol. The van der Waals surface area contributed by atoms with Gasteiger partial charge in [0.1, 0.15) is 13.2 Å². The molecule has 4 heteroatoms. The molecule has 0 saturated carbocycles. The van der Waals surface area contributed by atoms with Crippen LogP contribution in [0, 0.1) is 5.92 Å². The number of benzene rings is 2. The van der Waals surface area contributed by atoms with Crippen molar-refractivity contribution in [2.75, 3.05) is 19.0 Å². The maximum Gasteiger partial charge on any atom is 0.161 e. The largest absolute Gasteiger partial charge is 0.486 e. The van der Waals surface area contributed by atoms with Crippen molar-refractivity contribution in [2.45, 2.75) is 11.0 Å². The highest BCUT2D eigenvalue weighted by atomic mass is 32.2. The molecule has 0 radical (unpaired) electrons. The third kappa shape index (κ3) is 3.89. The van der Waals surface area contributed by atoms with E-state index >= 15 is 0 Å². The van der Waals surface area contributed by atoms with Gasteiger partial charge in [0.05, 0.1) is 6.10 Å². The molecule has 3 rings (SSSR count). The van der Waals surface area contributed by atoms with Crippen LogP contribution in [0.15, 0.2) is 66.1 Å². The number of thioether (sulfide) groups is 1. The molecule has 0 unspecified atom stereocenters. The van der Waals surface area contributed by atoms with Crippen LogP contribution in [0.4, 0.5) is 0 Å². The Morgan fingerprint density at radius 3 is 2.57 bits per heavy atom. The van der Waals surface area contributed by atoms with Crippen LogP contribution in [0.25, 0.3) is 0 Å². The van der Waals surface area contributed by atoms with E-state index in [1.807, 2.05) is 42.5 Å². The lowest BCUT2D eigenvalue weighted by atomic mass is 9.97. The summed E-state index contributed by atoms with van der Waals surface area (Å²) < 4.78 is 11.1. The second kappa shape index (κ2) is 7.57. The van der Waals surface area contributed by atoms with E-state index in [4.69, 9.17) is 9.47 Å². The number of hydrogen-bond donors (Lipinski definition) is 1. The molecule has 0 spiro atoms. The van der Waals surface area contributed by atoms with Crippen molar-refractivity contribution in [3.05, 3.63) is 66.7 Å². The van der Waals surface area contributed by atoms with E-state index in [0.29, 0.717) is 19.0 Å². The standard InChI is InChI=1S/C19H20O3S/c1-2-14(13-23-16-6-4-3-5-7-16)19(20)15-8-9-17-18(12-15)22-11-10-21-17/h2-9,12,14,19-20H,1,10-11,13H2/t14-,19+/m0/s1. The molecule has 3 nitrogen and oxygen atoms in total. The average Bonchev–Trinajstić information content (AvgIpc) is 2.62. The molecule has 2 aromatic rings. The van der Waals surface area contributed by atoms with Crippen molar-refractivity contribution >= 4 is 11.8 Å². The van der Waals surface area contributed by atoms with E-state index in [2.05, 4.69) is 18.7 Å². The van der Waals surface area contributed by atoms with Crippen molar-refractivity contribution in [1.29, 1.82) is 0 Å². The van der Waals surface area contributed by atoms with Crippen molar-refractivity contribution in [2.24, 2.45) is 5.92 Å². The lowest BCUT2D eigenvalue weighted by Gasteiger charge is -2.23. The van der Waals surface area contributed by atoms with Crippen molar-refractivity contribution in [3.63, 3.8) is 0 Å². The Hall–Kier alpha value is -1.91. The predicted molar refractivity (Wildman–Crippen MR) is 93.2 cm³/mol. The normalized spacial score (nSPS) is 15.7. The van der Waals surface area contributed by atoms with Crippen molar-refractivity contribution in [1.82, 2.24) is 0 Å². The summed E-state index contributed by atoms with van der Waals surface area (Å²) in [6.07, 6.45) is 1.21. The first-order chi connectivity index (χ1) is 11.3. The first-order valence-electron chi connectivity index (χ1n) is 7.66. The van der Waals surface area contributed by atoms with Gasteiger partial charge >= 0.3 is 0 Å². The van der Waals surface area contributed by atoms with Crippen LogP contribution >= 0.6 is 11.8 Å². The Morgan fingerprint density at radius 1 is 1.09 bits per heavy atom. The van der Waals surface area contributed by atoms with E-state index in [-0.39, 0.29) is 5.92 Å². The van der Waals surface area contributed by atoms with Gasteiger partial charge in [-0.25, -0.2) is 0 Å². The zero-order valence-electron chi connectivity index (χ0n) is 12.9. The Labute approximate surface area is 140 Å². The second-order valence-corrected chi connectivity index (χ2v) is 6.46. The van der Waals surface area contributed by atoms with Gasteiger partial charge in [-0.3, -0.25) is 0 Å². The first kappa shape index (κ1) is 16.0. The molecule has 23 heavy (non-hydrogen) atoms. The molecule has 0 aromatic heterocycles. The Bertz CT molecular complexity index is 657. The minimum atomic E-state index is -0.612. The van der Waals surface area contributed by atoms with Crippen LogP contribution in [0.2, 0.25) is 0 Å². The van der Waals surface area contributed by atoms with Gasteiger partial charge < -0.3 is 14.6 Å². The van der Waals surface area contributed by atoms with E-state index in [9.17, 15) is 5.11 Å². The van der Waals surface area contributed by atoms with Crippen LogP contribution in [0.5, 0.6) is 11.5 Å². The van der Waals surface area contributed by atoms with Gasteiger partial charge in [-0.05, 0) is 29.8 Å². The third-order valence-electron chi connectivity index (χ3n) is 3.80. The molecule has 1 aliphatic rings. The number of aliphatic hydroxyl groups excluding tert-OH is 1. The van der Waals surface area contributed by atoms with Gasteiger partial charge in [0.25, 0.3) is 0 Å². The lowest BCUT2D eigenvalue weighted by molar-refractivity contribution is 0.139. The fourth-order valence-electron chi connectivity index (χ4n) is 2.49. The molecule has 0 fully saturated rings. The van der Waals surface area contributed by atoms with Gasteiger partial charge in [0, 0.05) is 16.6 Å². The number of fused-ring (bicyclic) bond motifs is 1. The minimum Gasteiger partial charge on any atom is -0.486 e. The molecule has 1 N–H and O–H groups in total. The lowest BCUT2D eigenvalue weighted by Crippen LogP contribution is -2.17. The highest BCUT2D eigenvalue weighted by Crippen LogP contribution is 2.36. The summed E-state index contributed by atoms with van der Waals surface area (Å²) in [5, 5.41) is 10.7. The Kier molecular flexibility index (Phi) is 5.26. The molecule has 2 atom stereocenters. The van der Waals surface area contributed by atoms with E-state index in [1.165, 1.54) is 4.90 Å². The van der Waals surface area contributed by atoms with E-state index < -0.39 is 6.10 Å². The topological polar surface area (TPSA) is 38.7 Å². The van der Waals surface area contributed by atoms with Crippen LogP contribution in [0.3, 0.4) is 0 Å². The first-order valence-corrected chi connectivity index (χ1v) is 8.64. The number of aliphatic hydroxyl groups is 1. The summed E-state index contributed by atoms with van der Waals surface area (Å²) in [6, 6.07) is 15.8. The number of ether oxygens (including phenoxy) is 2. The summed E-state index contributed by atoms with van der Waals surface area (Å²) in [7, 11) is 0. The van der Waals surface area contributed by atoms with E-state index in [0.717, 1.165) is 17.1 Å². The smallest absolute Gasteiger partial charge is 0.161 e. The van der Waals surface area contributed by atoms with E-state index in [1.54, 1.807) is 11.8 Å². The molecule has 1 aliphatic heterocycles. The predicted octanol–water partition coefficient (Wildman–Crippen LogP) is 4.09. The van der Waals surface area contributed by atoms with Gasteiger partial charge in [-0.15, -0.1) is 18.3 Å². The van der Waals surface area contributed by atoms with Gasteiger partial charge in [-0.2, -0.15) is 0 Å². The maximum absolute atomic E-state index is 10.7. The second-order valence-electron chi connectivity index (χ2n) is 5.37. The summed E-state index contributed by atoms with van der Waals surface area (Å²) >= 11 is 1.72. The molecule has 1 heterocycles. The van der Waals surface area contributed by atoms with Crippen LogP contribution in [-0.4, -0.2) is 24.1 Å². The fraction of sp³-hybridized carbons (Fsp3) is 0.263. The SMILES string of the molecule is C=C[C@@H](CSc1ccccc1)[C@@H](O)c1ccc2c(c1)OCCO2. The minimum absolute atomic E-state index is 0.0391. The molecular formula is C19H20O3S. The zero-order valence-corrected chi connectivity index (χ0v) is 13.7. The monoisotopic (exact) mass is 328 g/mol.